The van der Waals surface area contributed by atoms with E-state index in [0.717, 1.165) is 28.1 Å². The SMILES string of the molecule is CC(C)NC(=S)N/N=C(/Cc1nc2ccccc2[nH]1)c1ccccc1. The van der Waals surface area contributed by atoms with Gasteiger partial charge in [0.25, 0.3) is 0 Å². The molecule has 3 aromatic rings. The van der Waals surface area contributed by atoms with E-state index in [0.29, 0.717) is 11.5 Å². The fourth-order valence-electron chi connectivity index (χ4n) is 2.50. The van der Waals surface area contributed by atoms with E-state index >= 15 is 0 Å². The molecule has 0 radical (unpaired) electrons. The molecule has 0 fully saturated rings. The lowest BCUT2D eigenvalue weighted by atomic mass is 10.1. The molecule has 3 rings (SSSR count). The smallest absolute Gasteiger partial charge is 0.187 e. The summed E-state index contributed by atoms with van der Waals surface area (Å²) < 4.78 is 0. The number of hydrogen-bond donors (Lipinski definition) is 3. The number of nitrogens with zero attached hydrogens (tertiary/aromatic N) is 2. The van der Waals surface area contributed by atoms with Crippen molar-refractivity contribution in [1.82, 2.24) is 20.7 Å². The van der Waals surface area contributed by atoms with Crippen LogP contribution in [0.4, 0.5) is 0 Å². The maximum atomic E-state index is 5.26. The summed E-state index contributed by atoms with van der Waals surface area (Å²) in [7, 11) is 0. The summed E-state index contributed by atoms with van der Waals surface area (Å²) in [4.78, 5) is 7.99. The highest BCUT2D eigenvalue weighted by Gasteiger charge is 2.09. The zero-order chi connectivity index (χ0) is 17.6. The van der Waals surface area contributed by atoms with Gasteiger partial charge in [0, 0.05) is 6.04 Å². The molecule has 2 aromatic carbocycles. The lowest BCUT2D eigenvalue weighted by molar-refractivity contribution is 0.719. The quantitative estimate of drug-likeness (QED) is 0.375. The van der Waals surface area contributed by atoms with Crippen LogP contribution >= 0.6 is 12.2 Å². The van der Waals surface area contributed by atoms with Crippen LogP contribution < -0.4 is 10.7 Å². The Morgan fingerprint density at radius 2 is 1.84 bits per heavy atom. The van der Waals surface area contributed by atoms with Gasteiger partial charge in [-0.25, -0.2) is 4.98 Å². The van der Waals surface area contributed by atoms with Crippen LogP contribution in [0.5, 0.6) is 0 Å². The average molecular weight is 351 g/mol. The van der Waals surface area contributed by atoms with E-state index in [4.69, 9.17) is 12.2 Å². The lowest BCUT2D eigenvalue weighted by Crippen LogP contribution is -2.37. The monoisotopic (exact) mass is 351 g/mol. The van der Waals surface area contributed by atoms with Crippen molar-refractivity contribution in [1.29, 1.82) is 0 Å². The summed E-state index contributed by atoms with van der Waals surface area (Å²) in [6.45, 7) is 4.06. The van der Waals surface area contributed by atoms with Gasteiger partial charge in [-0.2, -0.15) is 5.10 Å². The van der Waals surface area contributed by atoms with Crippen LogP contribution in [0.3, 0.4) is 0 Å². The molecular formula is C19H21N5S. The molecule has 0 aliphatic carbocycles. The van der Waals surface area contributed by atoms with Crippen LogP contribution in [0.15, 0.2) is 59.7 Å². The Morgan fingerprint density at radius 3 is 2.56 bits per heavy atom. The van der Waals surface area contributed by atoms with Gasteiger partial charge in [-0.1, -0.05) is 42.5 Å². The molecule has 128 valence electrons. The van der Waals surface area contributed by atoms with Gasteiger partial charge in [0.15, 0.2) is 5.11 Å². The summed E-state index contributed by atoms with van der Waals surface area (Å²) in [5.74, 6) is 0.869. The molecule has 0 unspecified atom stereocenters. The van der Waals surface area contributed by atoms with Gasteiger partial charge in [-0.05, 0) is 43.8 Å². The Labute approximate surface area is 152 Å². The van der Waals surface area contributed by atoms with Crippen LogP contribution in [-0.4, -0.2) is 26.8 Å². The summed E-state index contributed by atoms with van der Waals surface area (Å²) in [5.41, 5.74) is 6.81. The lowest BCUT2D eigenvalue weighted by Gasteiger charge is -2.11. The van der Waals surface area contributed by atoms with Gasteiger partial charge < -0.3 is 10.3 Å². The molecule has 0 spiro atoms. The molecule has 6 heteroatoms. The van der Waals surface area contributed by atoms with Gasteiger partial charge in [-0.15, -0.1) is 0 Å². The average Bonchev–Trinajstić information content (AvgIpc) is 3.01. The molecule has 0 saturated heterocycles. The number of aromatic nitrogens is 2. The number of thiocarbonyl (C=S) groups is 1. The Hall–Kier alpha value is -2.73. The third-order valence-electron chi connectivity index (χ3n) is 3.59. The molecule has 0 atom stereocenters. The summed E-state index contributed by atoms with van der Waals surface area (Å²) in [5, 5.41) is 8.15. The van der Waals surface area contributed by atoms with Gasteiger partial charge in [-0.3, -0.25) is 5.43 Å². The number of para-hydroxylation sites is 2. The maximum Gasteiger partial charge on any atom is 0.187 e. The van der Waals surface area contributed by atoms with Crippen molar-refractivity contribution in [3.8, 4) is 0 Å². The van der Waals surface area contributed by atoms with E-state index in [1.165, 1.54) is 0 Å². The third-order valence-corrected chi connectivity index (χ3v) is 3.80. The number of hydrazone groups is 1. The molecule has 0 bridgehead atoms. The minimum Gasteiger partial charge on any atom is -0.359 e. The molecule has 1 aromatic heterocycles. The van der Waals surface area contributed by atoms with Gasteiger partial charge in [0.2, 0.25) is 0 Å². The summed E-state index contributed by atoms with van der Waals surface area (Å²) in [6, 6.07) is 18.3. The van der Waals surface area contributed by atoms with E-state index < -0.39 is 0 Å². The van der Waals surface area contributed by atoms with Crippen molar-refractivity contribution in [2.45, 2.75) is 26.3 Å². The van der Waals surface area contributed by atoms with E-state index in [1.54, 1.807) is 0 Å². The number of rotatable bonds is 5. The highest BCUT2D eigenvalue weighted by molar-refractivity contribution is 7.80. The number of aromatic amines is 1. The molecule has 25 heavy (non-hydrogen) atoms. The van der Waals surface area contributed by atoms with E-state index in [9.17, 15) is 0 Å². The highest BCUT2D eigenvalue weighted by Crippen LogP contribution is 2.13. The van der Waals surface area contributed by atoms with Crippen molar-refractivity contribution in [3.63, 3.8) is 0 Å². The maximum absolute atomic E-state index is 5.26. The predicted molar refractivity (Wildman–Crippen MR) is 107 cm³/mol. The number of H-pyrrole nitrogens is 1. The second kappa shape index (κ2) is 7.90. The van der Waals surface area contributed by atoms with Crippen molar-refractivity contribution in [2.24, 2.45) is 5.10 Å². The number of nitrogens with one attached hydrogen (secondary N) is 3. The Bertz CT molecular complexity index is 850. The van der Waals surface area contributed by atoms with Gasteiger partial charge in [0.1, 0.15) is 5.82 Å². The van der Waals surface area contributed by atoms with Crippen molar-refractivity contribution in [2.75, 3.05) is 0 Å². The molecular weight excluding hydrogens is 330 g/mol. The van der Waals surface area contributed by atoms with Crippen molar-refractivity contribution >= 4 is 34.1 Å². The molecule has 0 aliphatic heterocycles. The number of benzene rings is 2. The first-order valence-corrected chi connectivity index (χ1v) is 8.65. The number of imidazole rings is 1. The van der Waals surface area contributed by atoms with Gasteiger partial charge in [0.05, 0.1) is 23.2 Å². The molecule has 0 saturated carbocycles. The molecule has 1 heterocycles. The third kappa shape index (κ3) is 4.64. The fraction of sp³-hybridized carbons (Fsp3) is 0.211. The molecule has 3 N–H and O–H groups in total. The minimum atomic E-state index is 0.255. The Balaban J connectivity index is 1.84. The van der Waals surface area contributed by atoms with E-state index in [1.807, 2.05) is 68.4 Å². The first kappa shape index (κ1) is 17.1. The van der Waals surface area contributed by atoms with Crippen molar-refractivity contribution in [3.05, 3.63) is 66.0 Å². The summed E-state index contributed by atoms with van der Waals surface area (Å²) in [6.07, 6.45) is 0.579. The Kier molecular flexibility index (Phi) is 5.40. The summed E-state index contributed by atoms with van der Waals surface area (Å²) >= 11 is 5.26. The molecule has 0 amide bonds. The van der Waals surface area contributed by atoms with Crippen molar-refractivity contribution < 1.29 is 0 Å². The Morgan fingerprint density at radius 1 is 1.12 bits per heavy atom. The first-order valence-electron chi connectivity index (χ1n) is 8.24. The largest absolute Gasteiger partial charge is 0.359 e. The zero-order valence-corrected chi connectivity index (χ0v) is 15.1. The molecule has 0 aliphatic rings. The number of hydrogen-bond acceptors (Lipinski definition) is 3. The molecule has 5 nitrogen and oxygen atoms in total. The second-order valence-corrected chi connectivity index (χ2v) is 6.45. The van der Waals surface area contributed by atoms with Crippen LogP contribution in [0.2, 0.25) is 0 Å². The van der Waals surface area contributed by atoms with Crippen LogP contribution in [-0.2, 0) is 6.42 Å². The fourth-order valence-corrected chi connectivity index (χ4v) is 2.78. The number of fused-ring (bicyclic) bond motifs is 1. The highest BCUT2D eigenvalue weighted by atomic mass is 32.1. The normalized spacial score (nSPS) is 11.7. The minimum absolute atomic E-state index is 0.255. The topological polar surface area (TPSA) is 65.1 Å². The van der Waals surface area contributed by atoms with Crippen LogP contribution in [0, 0.1) is 0 Å². The van der Waals surface area contributed by atoms with Crippen LogP contribution in [0.1, 0.15) is 25.2 Å². The first-order chi connectivity index (χ1) is 12.1. The second-order valence-electron chi connectivity index (χ2n) is 6.04. The van der Waals surface area contributed by atoms with Gasteiger partial charge >= 0.3 is 0 Å². The predicted octanol–water partition coefficient (Wildman–Crippen LogP) is 3.38. The van der Waals surface area contributed by atoms with E-state index in [2.05, 4.69) is 25.8 Å². The standard InChI is InChI=1S/C19H21N5S/c1-13(2)20-19(25)24-23-17(14-8-4-3-5-9-14)12-18-21-15-10-6-7-11-16(15)22-18/h3-11,13H,12H2,1-2H3,(H,21,22)(H2,20,24,25)/b23-17-. The zero-order valence-electron chi connectivity index (χ0n) is 14.3. The van der Waals surface area contributed by atoms with E-state index in [-0.39, 0.29) is 6.04 Å². The van der Waals surface area contributed by atoms with Crippen LogP contribution in [0.25, 0.3) is 11.0 Å².